The SMILES string of the molecule is COc1c(O)ccc(C)c1C(CC(C)=O)c1ccc(O)cc1. The van der Waals surface area contributed by atoms with E-state index in [1.54, 1.807) is 36.4 Å². The number of phenolic OH excluding ortho intramolecular Hbond substituents is 2. The quantitative estimate of drug-likeness (QED) is 0.886. The van der Waals surface area contributed by atoms with Crippen molar-refractivity contribution in [3.63, 3.8) is 0 Å². The number of rotatable bonds is 5. The third-order valence-electron chi connectivity index (χ3n) is 3.73. The van der Waals surface area contributed by atoms with Gasteiger partial charge in [-0.3, -0.25) is 4.79 Å². The molecule has 0 aliphatic rings. The summed E-state index contributed by atoms with van der Waals surface area (Å²) in [6.07, 6.45) is 0.297. The molecule has 1 unspecified atom stereocenters. The summed E-state index contributed by atoms with van der Waals surface area (Å²) < 4.78 is 5.35. The van der Waals surface area contributed by atoms with E-state index in [9.17, 15) is 15.0 Å². The number of aromatic hydroxyl groups is 2. The highest BCUT2D eigenvalue weighted by molar-refractivity contribution is 5.77. The number of carbonyl (C=O) groups excluding carboxylic acids is 1. The first-order valence-electron chi connectivity index (χ1n) is 7.08. The van der Waals surface area contributed by atoms with E-state index in [4.69, 9.17) is 4.74 Å². The van der Waals surface area contributed by atoms with Crippen molar-refractivity contribution in [2.24, 2.45) is 0 Å². The van der Waals surface area contributed by atoms with Crippen LogP contribution in [0.2, 0.25) is 0 Å². The second kappa shape index (κ2) is 6.52. The van der Waals surface area contributed by atoms with Gasteiger partial charge in [0.05, 0.1) is 7.11 Å². The molecule has 0 aliphatic carbocycles. The second-order valence-corrected chi connectivity index (χ2v) is 5.40. The van der Waals surface area contributed by atoms with E-state index in [0.29, 0.717) is 12.2 Å². The lowest BCUT2D eigenvalue weighted by molar-refractivity contribution is -0.117. The first-order valence-corrected chi connectivity index (χ1v) is 7.08. The van der Waals surface area contributed by atoms with Gasteiger partial charge in [0.1, 0.15) is 11.5 Å². The van der Waals surface area contributed by atoms with Gasteiger partial charge in [0.25, 0.3) is 0 Å². The molecule has 0 bridgehead atoms. The molecule has 2 aromatic carbocycles. The molecule has 2 rings (SSSR count). The molecule has 116 valence electrons. The van der Waals surface area contributed by atoms with Crippen LogP contribution >= 0.6 is 0 Å². The van der Waals surface area contributed by atoms with E-state index in [1.807, 2.05) is 6.92 Å². The van der Waals surface area contributed by atoms with Gasteiger partial charge >= 0.3 is 0 Å². The maximum atomic E-state index is 11.7. The van der Waals surface area contributed by atoms with E-state index in [-0.39, 0.29) is 23.2 Å². The first kappa shape index (κ1) is 15.9. The molecule has 0 radical (unpaired) electrons. The maximum absolute atomic E-state index is 11.7. The van der Waals surface area contributed by atoms with Crippen molar-refractivity contribution in [3.8, 4) is 17.2 Å². The summed E-state index contributed by atoms with van der Waals surface area (Å²) in [6, 6.07) is 10.1. The molecule has 4 heteroatoms. The zero-order chi connectivity index (χ0) is 16.3. The van der Waals surface area contributed by atoms with E-state index in [1.165, 1.54) is 14.0 Å². The molecule has 2 aromatic rings. The predicted octanol–water partition coefficient (Wildman–Crippen LogP) is 3.53. The Bertz CT molecular complexity index is 674. The summed E-state index contributed by atoms with van der Waals surface area (Å²) in [5.41, 5.74) is 2.62. The molecular formula is C18H20O4. The van der Waals surface area contributed by atoms with Gasteiger partial charge in [-0.15, -0.1) is 0 Å². The third-order valence-corrected chi connectivity index (χ3v) is 3.73. The number of ketones is 1. The third kappa shape index (κ3) is 3.22. The number of benzene rings is 2. The van der Waals surface area contributed by atoms with Gasteiger partial charge in [0.15, 0.2) is 11.5 Å². The number of methoxy groups -OCH3 is 1. The van der Waals surface area contributed by atoms with Crippen molar-refractivity contribution in [1.82, 2.24) is 0 Å². The summed E-state index contributed by atoms with van der Waals surface area (Å²) >= 11 is 0. The fourth-order valence-electron chi connectivity index (χ4n) is 2.71. The Hall–Kier alpha value is -2.49. The maximum Gasteiger partial charge on any atom is 0.164 e. The summed E-state index contributed by atoms with van der Waals surface area (Å²) in [5.74, 6) is 0.419. The smallest absolute Gasteiger partial charge is 0.164 e. The number of carbonyl (C=O) groups is 1. The number of hydrogen-bond donors (Lipinski definition) is 2. The van der Waals surface area contributed by atoms with Crippen molar-refractivity contribution in [2.75, 3.05) is 7.11 Å². The van der Waals surface area contributed by atoms with Crippen LogP contribution in [0.15, 0.2) is 36.4 Å². The summed E-state index contributed by atoms with van der Waals surface area (Å²) in [6.45, 7) is 3.46. The van der Waals surface area contributed by atoms with Crippen LogP contribution in [0.25, 0.3) is 0 Å². The molecule has 0 spiro atoms. The Morgan fingerprint density at radius 3 is 2.32 bits per heavy atom. The van der Waals surface area contributed by atoms with Crippen LogP contribution in [0.5, 0.6) is 17.2 Å². The minimum absolute atomic E-state index is 0.0443. The van der Waals surface area contributed by atoms with Crippen molar-refractivity contribution >= 4 is 5.78 Å². The van der Waals surface area contributed by atoms with Crippen molar-refractivity contribution in [2.45, 2.75) is 26.2 Å². The van der Waals surface area contributed by atoms with Crippen LogP contribution in [-0.2, 0) is 4.79 Å². The predicted molar refractivity (Wildman–Crippen MR) is 84.6 cm³/mol. The minimum atomic E-state index is -0.236. The number of ether oxygens (including phenoxy) is 1. The fraction of sp³-hybridized carbons (Fsp3) is 0.278. The number of phenols is 2. The lowest BCUT2D eigenvalue weighted by atomic mass is 9.84. The van der Waals surface area contributed by atoms with Gasteiger partial charge < -0.3 is 14.9 Å². The zero-order valence-corrected chi connectivity index (χ0v) is 13.0. The first-order chi connectivity index (χ1) is 10.4. The molecule has 0 heterocycles. The topological polar surface area (TPSA) is 66.8 Å². The van der Waals surface area contributed by atoms with E-state index in [0.717, 1.165) is 16.7 Å². The Labute approximate surface area is 130 Å². The molecule has 0 fully saturated rings. The lowest BCUT2D eigenvalue weighted by Gasteiger charge is -2.22. The summed E-state index contributed by atoms with van der Waals surface area (Å²) in [5, 5.41) is 19.5. The van der Waals surface area contributed by atoms with Crippen molar-refractivity contribution < 1.29 is 19.7 Å². The molecule has 0 amide bonds. The Balaban J connectivity index is 2.62. The second-order valence-electron chi connectivity index (χ2n) is 5.40. The number of aryl methyl sites for hydroxylation is 1. The molecule has 0 saturated heterocycles. The Kier molecular flexibility index (Phi) is 4.71. The van der Waals surface area contributed by atoms with Gasteiger partial charge in [-0.25, -0.2) is 0 Å². The average molecular weight is 300 g/mol. The molecule has 1 atom stereocenters. The molecule has 0 aromatic heterocycles. The lowest BCUT2D eigenvalue weighted by Crippen LogP contribution is -2.09. The van der Waals surface area contributed by atoms with Gasteiger partial charge in [0.2, 0.25) is 0 Å². The molecule has 4 nitrogen and oxygen atoms in total. The fourth-order valence-corrected chi connectivity index (χ4v) is 2.71. The standard InChI is InChI=1S/C18H20O4/c1-11-4-9-16(21)18(22-3)17(11)15(10-12(2)19)13-5-7-14(20)8-6-13/h4-9,15,20-21H,10H2,1-3H3. The molecule has 0 aliphatic heterocycles. The van der Waals surface area contributed by atoms with Gasteiger partial charge in [-0.1, -0.05) is 18.2 Å². The van der Waals surface area contributed by atoms with Gasteiger partial charge in [0, 0.05) is 17.9 Å². The van der Waals surface area contributed by atoms with Crippen LogP contribution in [0.3, 0.4) is 0 Å². The van der Waals surface area contributed by atoms with Crippen molar-refractivity contribution in [1.29, 1.82) is 0 Å². The normalized spacial score (nSPS) is 12.0. The van der Waals surface area contributed by atoms with E-state index >= 15 is 0 Å². The largest absolute Gasteiger partial charge is 0.508 e. The van der Waals surface area contributed by atoms with Crippen LogP contribution in [0.4, 0.5) is 0 Å². The van der Waals surface area contributed by atoms with Crippen LogP contribution in [0, 0.1) is 6.92 Å². The van der Waals surface area contributed by atoms with Crippen LogP contribution < -0.4 is 4.74 Å². The summed E-state index contributed by atoms with van der Waals surface area (Å²) in [7, 11) is 1.50. The van der Waals surface area contributed by atoms with Gasteiger partial charge in [-0.05, 0) is 43.2 Å². The highest BCUT2D eigenvalue weighted by Crippen LogP contribution is 2.41. The molecule has 22 heavy (non-hydrogen) atoms. The van der Waals surface area contributed by atoms with Gasteiger partial charge in [-0.2, -0.15) is 0 Å². The Morgan fingerprint density at radius 2 is 1.77 bits per heavy atom. The van der Waals surface area contributed by atoms with Crippen molar-refractivity contribution in [3.05, 3.63) is 53.1 Å². The highest BCUT2D eigenvalue weighted by atomic mass is 16.5. The Morgan fingerprint density at radius 1 is 1.14 bits per heavy atom. The zero-order valence-electron chi connectivity index (χ0n) is 13.0. The number of hydrogen-bond acceptors (Lipinski definition) is 4. The van der Waals surface area contributed by atoms with Crippen LogP contribution in [0.1, 0.15) is 36.0 Å². The van der Waals surface area contributed by atoms with E-state index < -0.39 is 0 Å². The van der Waals surface area contributed by atoms with E-state index in [2.05, 4.69) is 0 Å². The molecule has 0 saturated carbocycles. The molecule has 2 N–H and O–H groups in total. The monoisotopic (exact) mass is 300 g/mol. The van der Waals surface area contributed by atoms with Crippen LogP contribution in [-0.4, -0.2) is 23.1 Å². The highest BCUT2D eigenvalue weighted by Gasteiger charge is 2.24. The number of Topliss-reactive ketones (excluding diaryl/α,β-unsaturated/α-hetero) is 1. The minimum Gasteiger partial charge on any atom is -0.508 e. The average Bonchev–Trinajstić information content (AvgIpc) is 2.48. The molecular weight excluding hydrogens is 280 g/mol. The summed E-state index contributed by atoms with van der Waals surface area (Å²) in [4.78, 5) is 11.7.